The number of hydrogen-bond acceptors (Lipinski definition) is 3. The zero-order chi connectivity index (χ0) is 14.8. The number of benzene rings is 2. The van der Waals surface area contributed by atoms with Gasteiger partial charge in [0.15, 0.2) is 11.5 Å². The predicted molar refractivity (Wildman–Crippen MR) is 86.6 cm³/mol. The average Bonchev–Trinajstić information content (AvgIpc) is 2.46. The van der Waals surface area contributed by atoms with Gasteiger partial charge in [-0.15, -0.1) is 0 Å². The van der Waals surface area contributed by atoms with Crippen molar-refractivity contribution in [1.82, 2.24) is 0 Å². The number of nitrogens with one attached hydrogen (secondary N) is 1. The number of anilines is 1. The van der Waals surface area contributed by atoms with Gasteiger partial charge in [-0.05, 0) is 33.6 Å². The van der Waals surface area contributed by atoms with E-state index in [4.69, 9.17) is 9.47 Å². The van der Waals surface area contributed by atoms with Crippen LogP contribution >= 0.6 is 31.9 Å². The fourth-order valence-electron chi connectivity index (χ4n) is 2.05. The first kappa shape index (κ1) is 14.7. The Morgan fingerprint density at radius 1 is 1.00 bits per heavy atom. The third kappa shape index (κ3) is 3.32. The second-order valence-corrected chi connectivity index (χ2v) is 6.27. The summed E-state index contributed by atoms with van der Waals surface area (Å²) in [6.45, 7) is 1.69. The summed E-state index contributed by atoms with van der Waals surface area (Å²) in [7, 11) is 0. The molecule has 0 fully saturated rings. The van der Waals surface area contributed by atoms with Gasteiger partial charge in [-0.1, -0.05) is 22.0 Å². The van der Waals surface area contributed by atoms with Gasteiger partial charge in [-0.25, -0.2) is 4.39 Å². The maximum absolute atomic E-state index is 13.1. The van der Waals surface area contributed by atoms with Crippen molar-refractivity contribution in [2.24, 2.45) is 0 Å². The number of fused-ring (bicyclic) bond motifs is 1. The molecule has 1 aliphatic rings. The highest BCUT2D eigenvalue weighted by atomic mass is 79.9. The van der Waals surface area contributed by atoms with E-state index in [1.165, 1.54) is 12.1 Å². The van der Waals surface area contributed by atoms with Crippen molar-refractivity contribution in [2.45, 2.75) is 6.54 Å². The van der Waals surface area contributed by atoms with Crippen LogP contribution < -0.4 is 14.8 Å². The van der Waals surface area contributed by atoms with Crippen molar-refractivity contribution in [3.05, 3.63) is 50.7 Å². The molecular weight excluding hydrogens is 405 g/mol. The van der Waals surface area contributed by atoms with E-state index in [0.29, 0.717) is 19.8 Å². The summed E-state index contributed by atoms with van der Waals surface area (Å²) in [5, 5.41) is 3.30. The van der Waals surface area contributed by atoms with Crippen molar-refractivity contribution in [2.75, 3.05) is 18.5 Å². The fraction of sp³-hybridized carbons (Fsp3) is 0.200. The molecule has 1 aliphatic heterocycles. The number of hydrogen-bond donors (Lipinski definition) is 1. The molecule has 0 radical (unpaired) electrons. The molecule has 0 unspecified atom stereocenters. The van der Waals surface area contributed by atoms with Crippen LogP contribution in [0.4, 0.5) is 10.1 Å². The molecule has 6 heteroatoms. The summed E-state index contributed by atoms with van der Waals surface area (Å²) >= 11 is 6.87. The van der Waals surface area contributed by atoms with Gasteiger partial charge in [0.2, 0.25) is 0 Å². The number of ether oxygens (including phenoxy) is 2. The van der Waals surface area contributed by atoms with Crippen LogP contribution in [0.5, 0.6) is 11.5 Å². The molecule has 2 aromatic carbocycles. The van der Waals surface area contributed by atoms with Crippen molar-refractivity contribution in [3.8, 4) is 11.5 Å². The minimum atomic E-state index is -0.258. The van der Waals surface area contributed by atoms with Gasteiger partial charge in [-0.2, -0.15) is 0 Å². The number of halogens is 3. The first-order chi connectivity index (χ1) is 10.1. The van der Waals surface area contributed by atoms with Crippen molar-refractivity contribution in [1.29, 1.82) is 0 Å². The molecule has 0 aromatic heterocycles. The molecule has 21 heavy (non-hydrogen) atoms. The molecule has 0 amide bonds. The van der Waals surface area contributed by atoms with Gasteiger partial charge >= 0.3 is 0 Å². The molecule has 1 heterocycles. The lowest BCUT2D eigenvalue weighted by atomic mass is 10.2. The largest absolute Gasteiger partial charge is 0.486 e. The Labute approximate surface area is 138 Å². The quantitative estimate of drug-likeness (QED) is 0.784. The summed E-state index contributed by atoms with van der Waals surface area (Å²) in [5.41, 5.74) is 1.87. The van der Waals surface area contributed by atoms with E-state index in [-0.39, 0.29) is 5.82 Å². The maximum atomic E-state index is 13.1. The molecule has 0 aliphatic carbocycles. The zero-order valence-corrected chi connectivity index (χ0v) is 14.1. The predicted octanol–water partition coefficient (Wildman–Crippen LogP) is 4.73. The minimum Gasteiger partial charge on any atom is -0.486 e. The molecular formula is C15H12Br2FNO2. The first-order valence-electron chi connectivity index (χ1n) is 6.40. The lowest BCUT2D eigenvalue weighted by Crippen LogP contribution is -2.15. The second kappa shape index (κ2) is 6.23. The van der Waals surface area contributed by atoms with E-state index in [0.717, 1.165) is 31.7 Å². The summed E-state index contributed by atoms with van der Waals surface area (Å²) in [6, 6.07) is 8.43. The van der Waals surface area contributed by atoms with E-state index in [1.807, 2.05) is 12.1 Å². The topological polar surface area (TPSA) is 30.5 Å². The van der Waals surface area contributed by atoms with Crippen LogP contribution in [0.1, 0.15) is 5.56 Å². The van der Waals surface area contributed by atoms with Crippen LogP contribution in [0, 0.1) is 5.82 Å². The zero-order valence-electron chi connectivity index (χ0n) is 11.0. The van der Waals surface area contributed by atoms with E-state index in [2.05, 4.69) is 37.2 Å². The van der Waals surface area contributed by atoms with Crippen LogP contribution in [0.2, 0.25) is 0 Å². The van der Waals surface area contributed by atoms with Gasteiger partial charge in [0.1, 0.15) is 19.0 Å². The molecule has 1 N–H and O–H groups in total. The molecule has 0 bridgehead atoms. The smallest absolute Gasteiger partial charge is 0.163 e. The standard InChI is InChI=1S/C15H12Br2FNO2/c16-11-5-10(18)2-1-9(11)8-19-13-7-15-14(6-12(13)17)20-3-4-21-15/h1-2,5-7,19H,3-4,8H2. The van der Waals surface area contributed by atoms with Crippen LogP contribution in [0.25, 0.3) is 0 Å². The van der Waals surface area contributed by atoms with Crippen molar-refractivity contribution >= 4 is 37.5 Å². The Morgan fingerprint density at radius 2 is 1.71 bits per heavy atom. The number of rotatable bonds is 3. The monoisotopic (exact) mass is 415 g/mol. The molecule has 3 rings (SSSR count). The highest BCUT2D eigenvalue weighted by Gasteiger charge is 2.15. The van der Waals surface area contributed by atoms with Gasteiger partial charge in [0, 0.05) is 27.6 Å². The van der Waals surface area contributed by atoms with Gasteiger partial charge in [-0.3, -0.25) is 0 Å². The van der Waals surface area contributed by atoms with Crippen LogP contribution in [0.15, 0.2) is 39.3 Å². The first-order valence-corrected chi connectivity index (χ1v) is 7.99. The third-order valence-electron chi connectivity index (χ3n) is 3.12. The van der Waals surface area contributed by atoms with Crippen molar-refractivity contribution in [3.63, 3.8) is 0 Å². The Morgan fingerprint density at radius 3 is 2.43 bits per heavy atom. The highest BCUT2D eigenvalue weighted by Crippen LogP contribution is 2.38. The second-order valence-electron chi connectivity index (χ2n) is 4.56. The minimum absolute atomic E-state index is 0.258. The normalized spacial score (nSPS) is 13.1. The summed E-state index contributed by atoms with van der Waals surface area (Å²) in [4.78, 5) is 0. The van der Waals surface area contributed by atoms with Crippen molar-refractivity contribution < 1.29 is 13.9 Å². The Hall–Kier alpha value is -1.27. The SMILES string of the molecule is Fc1ccc(CNc2cc3c(cc2Br)OCCO3)c(Br)c1. The molecule has 2 aromatic rings. The van der Waals surface area contributed by atoms with E-state index < -0.39 is 0 Å². The van der Waals surface area contributed by atoms with Gasteiger partial charge in [0.25, 0.3) is 0 Å². The van der Waals surface area contributed by atoms with E-state index in [9.17, 15) is 4.39 Å². The van der Waals surface area contributed by atoms with E-state index >= 15 is 0 Å². The molecule has 110 valence electrons. The van der Waals surface area contributed by atoms with Gasteiger partial charge < -0.3 is 14.8 Å². The summed E-state index contributed by atoms with van der Waals surface area (Å²) in [5.74, 6) is 1.21. The Balaban J connectivity index is 1.78. The molecule has 0 saturated carbocycles. The molecule has 0 spiro atoms. The lowest BCUT2D eigenvalue weighted by Gasteiger charge is -2.20. The Bertz CT molecular complexity index is 679. The van der Waals surface area contributed by atoms with Crippen LogP contribution in [0.3, 0.4) is 0 Å². The van der Waals surface area contributed by atoms with E-state index in [1.54, 1.807) is 6.07 Å². The molecule has 0 atom stereocenters. The molecule has 3 nitrogen and oxygen atoms in total. The highest BCUT2D eigenvalue weighted by molar-refractivity contribution is 9.11. The maximum Gasteiger partial charge on any atom is 0.163 e. The fourth-order valence-corrected chi connectivity index (χ4v) is 3.01. The average molecular weight is 417 g/mol. The van der Waals surface area contributed by atoms with Crippen LogP contribution in [-0.2, 0) is 6.54 Å². The van der Waals surface area contributed by atoms with Gasteiger partial charge in [0.05, 0.1) is 5.69 Å². The molecule has 0 saturated heterocycles. The van der Waals surface area contributed by atoms with Crippen LogP contribution in [-0.4, -0.2) is 13.2 Å². The Kier molecular flexibility index (Phi) is 4.35. The summed E-state index contributed by atoms with van der Waals surface area (Å²) < 4.78 is 25.8. The lowest BCUT2D eigenvalue weighted by molar-refractivity contribution is 0.171. The summed E-state index contributed by atoms with van der Waals surface area (Å²) in [6.07, 6.45) is 0. The third-order valence-corrected chi connectivity index (χ3v) is 4.51.